The van der Waals surface area contributed by atoms with E-state index in [0.29, 0.717) is 38.6 Å². The van der Waals surface area contributed by atoms with Gasteiger partial charge in [-0.15, -0.1) is 11.3 Å². The van der Waals surface area contributed by atoms with Crippen molar-refractivity contribution in [1.29, 1.82) is 0 Å². The fraction of sp³-hybridized carbons (Fsp3) is 0.292. The van der Waals surface area contributed by atoms with Gasteiger partial charge < -0.3 is 14.4 Å². The molecule has 2 aromatic carbocycles. The molecule has 1 saturated heterocycles. The summed E-state index contributed by atoms with van der Waals surface area (Å²) in [6, 6.07) is 16.1. The fourth-order valence-electron chi connectivity index (χ4n) is 3.96. The Kier molecular flexibility index (Phi) is 5.53. The predicted molar refractivity (Wildman–Crippen MR) is 122 cm³/mol. The number of aromatic nitrogens is 2. The van der Waals surface area contributed by atoms with E-state index in [0.717, 1.165) is 15.8 Å². The molecule has 1 aliphatic heterocycles. The molecule has 3 heterocycles. The third-order valence-corrected chi connectivity index (χ3v) is 6.93. The van der Waals surface area contributed by atoms with Crippen molar-refractivity contribution in [2.24, 2.45) is 0 Å². The summed E-state index contributed by atoms with van der Waals surface area (Å²) >= 11 is 1.71. The lowest BCUT2D eigenvalue weighted by Gasteiger charge is -2.32. The SMILES string of the molecule is Cc1c(CC(=O)N2CCOC(COc3ncnc4ccccc34)C2)sc2ccccc12. The zero-order valence-corrected chi connectivity index (χ0v) is 18.1. The molecular weight excluding hydrogens is 410 g/mol. The summed E-state index contributed by atoms with van der Waals surface area (Å²) < 4.78 is 13.0. The van der Waals surface area contributed by atoms with Crippen LogP contribution in [0.25, 0.3) is 21.0 Å². The van der Waals surface area contributed by atoms with Gasteiger partial charge in [0.05, 0.1) is 30.5 Å². The Morgan fingerprint density at radius 1 is 1.16 bits per heavy atom. The molecule has 2 aromatic heterocycles. The number of carbonyl (C=O) groups excluding carboxylic acids is 1. The second kappa shape index (κ2) is 8.61. The van der Waals surface area contributed by atoms with Gasteiger partial charge in [0.25, 0.3) is 0 Å². The van der Waals surface area contributed by atoms with E-state index in [4.69, 9.17) is 9.47 Å². The normalized spacial score (nSPS) is 16.7. The van der Waals surface area contributed by atoms with Crippen LogP contribution in [0.4, 0.5) is 0 Å². The number of morpholine rings is 1. The molecule has 1 unspecified atom stereocenters. The number of ether oxygens (including phenoxy) is 2. The monoisotopic (exact) mass is 433 g/mol. The largest absolute Gasteiger partial charge is 0.474 e. The zero-order valence-electron chi connectivity index (χ0n) is 17.3. The zero-order chi connectivity index (χ0) is 21.2. The van der Waals surface area contributed by atoms with Crippen LogP contribution < -0.4 is 4.74 Å². The lowest BCUT2D eigenvalue weighted by molar-refractivity contribution is -0.139. The van der Waals surface area contributed by atoms with Gasteiger partial charge in [-0.05, 0) is 36.1 Å². The van der Waals surface area contributed by atoms with Crippen molar-refractivity contribution in [2.75, 3.05) is 26.3 Å². The van der Waals surface area contributed by atoms with Crippen LogP contribution in [-0.4, -0.2) is 53.2 Å². The molecular formula is C24H23N3O3S. The van der Waals surface area contributed by atoms with Crippen LogP contribution in [-0.2, 0) is 16.0 Å². The van der Waals surface area contributed by atoms with Crippen LogP contribution in [0, 0.1) is 6.92 Å². The molecule has 1 fully saturated rings. The molecule has 6 nitrogen and oxygen atoms in total. The first-order chi connectivity index (χ1) is 15.2. The van der Waals surface area contributed by atoms with Crippen molar-refractivity contribution in [1.82, 2.24) is 14.9 Å². The van der Waals surface area contributed by atoms with E-state index in [2.05, 4.69) is 29.0 Å². The van der Waals surface area contributed by atoms with E-state index in [-0.39, 0.29) is 12.0 Å². The third-order valence-electron chi connectivity index (χ3n) is 5.66. The minimum atomic E-state index is -0.185. The molecule has 7 heteroatoms. The van der Waals surface area contributed by atoms with E-state index in [9.17, 15) is 4.79 Å². The molecule has 4 aromatic rings. The maximum absolute atomic E-state index is 13.0. The average Bonchev–Trinajstić information content (AvgIpc) is 3.13. The average molecular weight is 434 g/mol. The standard InChI is InChI=1S/C24H23N3O3S/c1-16-18-6-3-5-9-21(18)31-22(16)12-23(28)27-10-11-29-17(13-27)14-30-24-19-7-2-4-8-20(19)25-15-26-24/h2-9,15,17H,10-14H2,1H3. The quantitative estimate of drug-likeness (QED) is 0.476. The predicted octanol–water partition coefficient (Wildman–Crippen LogP) is 4.00. The lowest BCUT2D eigenvalue weighted by atomic mass is 10.1. The van der Waals surface area contributed by atoms with Gasteiger partial charge in [0, 0.05) is 16.1 Å². The number of amides is 1. The van der Waals surface area contributed by atoms with Gasteiger partial charge in [-0.1, -0.05) is 30.3 Å². The number of benzene rings is 2. The summed E-state index contributed by atoms with van der Waals surface area (Å²) in [5.41, 5.74) is 2.05. The topological polar surface area (TPSA) is 64.6 Å². The highest BCUT2D eigenvalue weighted by molar-refractivity contribution is 7.19. The second-order valence-corrected chi connectivity index (χ2v) is 8.80. The Morgan fingerprint density at radius 3 is 2.84 bits per heavy atom. The highest BCUT2D eigenvalue weighted by Crippen LogP contribution is 2.31. The number of nitrogens with zero attached hydrogens (tertiary/aromatic N) is 3. The summed E-state index contributed by atoms with van der Waals surface area (Å²) in [7, 11) is 0. The first-order valence-corrected chi connectivity index (χ1v) is 11.2. The smallest absolute Gasteiger partial charge is 0.228 e. The van der Waals surface area contributed by atoms with E-state index in [1.54, 1.807) is 11.3 Å². The minimum Gasteiger partial charge on any atom is -0.474 e. The third kappa shape index (κ3) is 4.11. The highest BCUT2D eigenvalue weighted by Gasteiger charge is 2.26. The molecule has 0 spiro atoms. The molecule has 0 radical (unpaired) electrons. The summed E-state index contributed by atoms with van der Waals surface area (Å²) in [5, 5.41) is 2.11. The number of carbonyl (C=O) groups is 1. The number of aryl methyl sites for hydroxylation is 1. The Morgan fingerprint density at radius 2 is 1.97 bits per heavy atom. The van der Waals surface area contributed by atoms with Gasteiger partial charge in [0.2, 0.25) is 11.8 Å². The fourth-order valence-corrected chi connectivity index (χ4v) is 5.16. The van der Waals surface area contributed by atoms with E-state index in [1.165, 1.54) is 22.0 Å². The minimum absolute atomic E-state index is 0.135. The van der Waals surface area contributed by atoms with E-state index >= 15 is 0 Å². The van der Waals surface area contributed by atoms with Crippen molar-refractivity contribution in [3.05, 3.63) is 65.3 Å². The van der Waals surface area contributed by atoms with Crippen molar-refractivity contribution in [2.45, 2.75) is 19.4 Å². The van der Waals surface area contributed by atoms with Crippen molar-refractivity contribution in [3.63, 3.8) is 0 Å². The Balaban J connectivity index is 1.23. The number of fused-ring (bicyclic) bond motifs is 2. The summed E-state index contributed by atoms with van der Waals surface area (Å²) in [4.78, 5) is 24.6. The summed E-state index contributed by atoms with van der Waals surface area (Å²) in [5.74, 6) is 0.675. The molecule has 1 aliphatic rings. The Hall–Kier alpha value is -3.03. The van der Waals surface area contributed by atoms with Crippen molar-refractivity contribution >= 4 is 38.2 Å². The number of thiophene rings is 1. The van der Waals surface area contributed by atoms with Crippen molar-refractivity contribution in [3.8, 4) is 5.88 Å². The summed E-state index contributed by atoms with van der Waals surface area (Å²) in [6.07, 6.45) is 1.74. The van der Waals surface area contributed by atoms with E-state index in [1.807, 2.05) is 41.3 Å². The highest BCUT2D eigenvalue weighted by atomic mass is 32.1. The number of para-hydroxylation sites is 1. The molecule has 1 amide bonds. The van der Waals surface area contributed by atoms with Crippen LogP contribution in [0.1, 0.15) is 10.4 Å². The van der Waals surface area contributed by atoms with Gasteiger partial charge in [0.15, 0.2) is 0 Å². The molecule has 0 saturated carbocycles. The lowest BCUT2D eigenvalue weighted by Crippen LogP contribution is -2.48. The van der Waals surface area contributed by atoms with Crippen LogP contribution in [0.3, 0.4) is 0 Å². The molecule has 158 valence electrons. The van der Waals surface area contributed by atoms with Crippen LogP contribution in [0.15, 0.2) is 54.9 Å². The van der Waals surface area contributed by atoms with E-state index < -0.39 is 0 Å². The molecule has 0 aliphatic carbocycles. The molecule has 31 heavy (non-hydrogen) atoms. The van der Waals surface area contributed by atoms with Gasteiger partial charge in [0.1, 0.15) is 19.0 Å². The summed E-state index contributed by atoms with van der Waals surface area (Å²) in [6.45, 7) is 4.08. The number of hydrogen-bond donors (Lipinski definition) is 0. The molecule has 5 rings (SSSR count). The molecule has 1 atom stereocenters. The van der Waals surface area contributed by atoms with Crippen LogP contribution >= 0.6 is 11.3 Å². The van der Waals surface area contributed by atoms with Gasteiger partial charge in [-0.2, -0.15) is 0 Å². The molecule has 0 bridgehead atoms. The second-order valence-electron chi connectivity index (χ2n) is 7.66. The van der Waals surface area contributed by atoms with Gasteiger partial charge in [-0.25, -0.2) is 9.97 Å². The maximum Gasteiger partial charge on any atom is 0.228 e. The van der Waals surface area contributed by atoms with Crippen molar-refractivity contribution < 1.29 is 14.3 Å². The van der Waals surface area contributed by atoms with Crippen LogP contribution in [0.2, 0.25) is 0 Å². The number of rotatable bonds is 5. The first-order valence-electron chi connectivity index (χ1n) is 10.4. The Labute approximate surface area is 184 Å². The van der Waals surface area contributed by atoms with Gasteiger partial charge in [-0.3, -0.25) is 4.79 Å². The maximum atomic E-state index is 13.0. The molecule has 0 N–H and O–H groups in total. The van der Waals surface area contributed by atoms with Crippen LogP contribution in [0.5, 0.6) is 5.88 Å². The number of hydrogen-bond acceptors (Lipinski definition) is 6. The Bertz CT molecular complexity index is 1230. The van der Waals surface area contributed by atoms with Gasteiger partial charge >= 0.3 is 0 Å². The first kappa shape index (κ1) is 19.9.